The quantitative estimate of drug-likeness (QED) is 0.634. The molecule has 0 aliphatic heterocycles. The summed E-state index contributed by atoms with van der Waals surface area (Å²) in [6, 6.07) is 8.43. The molecule has 2 aromatic rings. The molecule has 1 aromatic heterocycles. The van der Waals surface area contributed by atoms with Crippen LogP contribution in [-0.2, 0) is 6.42 Å². The Hall–Kier alpha value is -1.01. The highest BCUT2D eigenvalue weighted by atomic mass is 32.1. The third-order valence-electron chi connectivity index (χ3n) is 4.41. The van der Waals surface area contributed by atoms with E-state index in [1.165, 1.54) is 4.70 Å². The number of nitrogens with one attached hydrogen (secondary N) is 1. The van der Waals surface area contributed by atoms with Crippen molar-refractivity contribution in [1.82, 2.24) is 15.3 Å². The Bertz CT molecular complexity index is 533. The van der Waals surface area contributed by atoms with E-state index in [2.05, 4.69) is 56.5 Å². The maximum absolute atomic E-state index is 5.81. The molecule has 2 rings (SSSR count). The van der Waals surface area contributed by atoms with Crippen LogP contribution < -0.4 is 11.3 Å². The summed E-state index contributed by atoms with van der Waals surface area (Å²) in [7, 11) is 4.21. The van der Waals surface area contributed by atoms with Crippen LogP contribution in [0.2, 0.25) is 0 Å². The lowest BCUT2D eigenvalue weighted by Gasteiger charge is -2.42. The highest BCUT2D eigenvalue weighted by Crippen LogP contribution is 2.27. The highest BCUT2D eigenvalue weighted by molar-refractivity contribution is 7.18. The van der Waals surface area contributed by atoms with Crippen molar-refractivity contribution >= 4 is 21.6 Å². The number of fused-ring (bicyclic) bond motifs is 1. The molecule has 0 bridgehead atoms. The van der Waals surface area contributed by atoms with E-state index in [1.54, 1.807) is 11.3 Å². The lowest BCUT2D eigenvalue weighted by atomic mass is 9.86. The van der Waals surface area contributed by atoms with Crippen LogP contribution in [0.3, 0.4) is 0 Å². The molecule has 0 spiro atoms. The fourth-order valence-corrected chi connectivity index (χ4v) is 3.53. The van der Waals surface area contributed by atoms with Gasteiger partial charge < -0.3 is 4.90 Å². The van der Waals surface area contributed by atoms with Gasteiger partial charge in [0.15, 0.2) is 0 Å². The Morgan fingerprint density at radius 2 is 2.10 bits per heavy atom. The van der Waals surface area contributed by atoms with E-state index in [9.17, 15) is 0 Å². The summed E-state index contributed by atoms with van der Waals surface area (Å²) in [6.45, 7) is 4.44. The molecule has 0 fully saturated rings. The molecule has 0 aliphatic rings. The smallest absolute Gasteiger partial charge is 0.0955 e. The van der Waals surface area contributed by atoms with E-state index >= 15 is 0 Å². The second kappa shape index (κ2) is 6.18. The highest BCUT2D eigenvalue weighted by Gasteiger charge is 2.34. The van der Waals surface area contributed by atoms with Crippen molar-refractivity contribution in [2.45, 2.75) is 38.3 Å². The average Bonchev–Trinajstić information content (AvgIpc) is 2.86. The summed E-state index contributed by atoms with van der Waals surface area (Å²) >= 11 is 1.75. The predicted molar refractivity (Wildman–Crippen MR) is 86.8 cm³/mol. The number of rotatable bonds is 6. The zero-order valence-electron chi connectivity index (χ0n) is 12.7. The minimum absolute atomic E-state index is 0.00655. The van der Waals surface area contributed by atoms with Crippen molar-refractivity contribution in [1.29, 1.82) is 0 Å². The zero-order chi connectivity index (χ0) is 14.8. The van der Waals surface area contributed by atoms with Crippen LogP contribution in [0, 0.1) is 0 Å². The number of hydrogen-bond donors (Lipinski definition) is 2. The maximum atomic E-state index is 5.81. The summed E-state index contributed by atoms with van der Waals surface area (Å²) in [5.74, 6) is 5.81. The molecule has 20 heavy (non-hydrogen) atoms. The third-order valence-corrected chi connectivity index (χ3v) is 5.46. The van der Waals surface area contributed by atoms with Gasteiger partial charge in [0.2, 0.25) is 0 Å². The first-order valence-electron chi connectivity index (χ1n) is 6.99. The Balaban J connectivity index is 2.25. The first-order valence-corrected chi connectivity index (χ1v) is 7.81. The maximum Gasteiger partial charge on any atom is 0.0955 e. The lowest BCUT2D eigenvalue weighted by molar-refractivity contribution is 0.112. The molecule has 5 heteroatoms. The molecule has 2 atom stereocenters. The molecular weight excluding hydrogens is 268 g/mol. The molecule has 0 aliphatic carbocycles. The molecule has 3 N–H and O–H groups in total. The standard InChI is InChI=1S/C15H24N4S/c1-5-15(2,19(3)4)13(18-16)10-14-17-11-8-6-7-9-12(11)20-14/h6-9,13,18H,5,10,16H2,1-4H3. The molecule has 1 aromatic carbocycles. The fourth-order valence-electron chi connectivity index (χ4n) is 2.51. The molecule has 1 heterocycles. The topological polar surface area (TPSA) is 54.2 Å². The van der Waals surface area contributed by atoms with Gasteiger partial charge in [0.05, 0.1) is 15.2 Å². The minimum Gasteiger partial charge on any atom is -0.302 e. The normalized spacial score (nSPS) is 16.5. The first kappa shape index (κ1) is 15.4. The van der Waals surface area contributed by atoms with Gasteiger partial charge >= 0.3 is 0 Å². The molecule has 4 nitrogen and oxygen atoms in total. The summed E-state index contributed by atoms with van der Waals surface area (Å²) < 4.78 is 1.24. The van der Waals surface area contributed by atoms with Crippen molar-refractivity contribution in [2.75, 3.05) is 14.1 Å². The van der Waals surface area contributed by atoms with Crippen LogP contribution in [0.1, 0.15) is 25.3 Å². The van der Waals surface area contributed by atoms with Crippen LogP contribution in [-0.4, -0.2) is 35.6 Å². The number of hydrogen-bond acceptors (Lipinski definition) is 5. The average molecular weight is 292 g/mol. The number of aromatic nitrogens is 1. The Labute approximate surface area is 125 Å². The minimum atomic E-state index is 0.00655. The monoisotopic (exact) mass is 292 g/mol. The Morgan fingerprint density at radius 3 is 2.65 bits per heavy atom. The summed E-state index contributed by atoms with van der Waals surface area (Å²) in [5, 5.41) is 1.13. The molecule has 0 saturated heterocycles. The van der Waals surface area contributed by atoms with E-state index in [0.29, 0.717) is 0 Å². The SMILES string of the molecule is CCC(C)(C(Cc1nc2ccccc2s1)NN)N(C)C. The molecule has 0 radical (unpaired) electrons. The molecule has 2 unspecified atom stereocenters. The number of para-hydroxylation sites is 1. The van der Waals surface area contributed by atoms with E-state index in [4.69, 9.17) is 10.8 Å². The van der Waals surface area contributed by atoms with E-state index in [0.717, 1.165) is 23.4 Å². The van der Waals surface area contributed by atoms with Crippen molar-refractivity contribution in [2.24, 2.45) is 5.84 Å². The molecule has 110 valence electrons. The molecule has 0 amide bonds. The van der Waals surface area contributed by atoms with Gasteiger partial charge in [-0.3, -0.25) is 11.3 Å². The van der Waals surface area contributed by atoms with Gasteiger partial charge in [-0.1, -0.05) is 19.1 Å². The van der Waals surface area contributed by atoms with E-state index in [1.807, 2.05) is 6.07 Å². The molecular formula is C15H24N4S. The van der Waals surface area contributed by atoms with Crippen LogP contribution in [0.15, 0.2) is 24.3 Å². The number of hydrazine groups is 1. The second-order valence-electron chi connectivity index (χ2n) is 5.60. The first-order chi connectivity index (χ1) is 9.51. The van der Waals surface area contributed by atoms with Crippen molar-refractivity contribution in [3.05, 3.63) is 29.3 Å². The van der Waals surface area contributed by atoms with Gasteiger partial charge in [-0.2, -0.15) is 0 Å². The van der Waals surface area contributed by atoms with Crippen molar-refractivity contribution < 1.29 is 0 Å². The number of nitrogens with two attached hydrogens (primary N) is 1. The van der Waals surface area contributed by atoms with E-state index < -0.39 is 0 Å². The van der Waals surface area contributed by atoms with Gasteiger partial charge in [-0.05, 0) is 39.6 Å². The second-order valence-corrected chi connectivity index (χ2v) is 6.72. The van der Waals surface area contributed by atoms with Gasteiger partial charge in [0.1, 0.15) is 0 Å². The van der Waals surface area contributed by atoms with Gasteiger partial charge in [-0.15, -0.1) is 11.3 Å². The van der Waals surface area contributed by atoms with Crippen molar-refractivity contribution in [3.8, 4) is 0 Å². The van der Waals surface area contributed by atoms with Gasteiger partial charge in [-0.25, -0.2) is 4.98 Å². The number of thiazole rings is 1. The number of benzene rings is 1. The largest absolute Gasteiger partial charge is 0.302 e. The van der Waals surface area contributed by atoms with E-state index in [-0.39, 0.29) is 11.6 Å². The lowest BCUT2D eigenvalue weighted by Crippen LogP contribution is -2.59. The third kappa shape index (κ3) is 2.86. The summed E-state index contributed by atoms with van der Waals surface area (Å²) in [4.78, 5) is 6.95. The predicted octanol–water partition coefficient (Wildman–Crippen LogP) is 2.40. The van der Waals surface area contributed by atoms with Crippen LogP contribution in [0.5, 0.6) is 0 Å². The number of nitrogens with zero attached hydrogens (tertiary/aromatic N) is 2. The van der Waals surface area contributed by atoms with Gasteiger partial charge in [0, 0.05) is 18.0 Å². The summed E-state index contributed by atoms with van der Waals surface area (Å²) in [6.07, 6.45) is 1.87. The Morgan fingerprint density at radius 1 is 1.40 bits per heavy atom. The van der Waals surface area contributed by atoms with Crippen LogP contribution >= 0.6 is 11.3 Å². The van der Waals surface area contributed by atoms with Crippen molar-refractivity contribution in [3.63, 3.8) is 0 Å². The number of likely N-dealkylation sites (N-methyl/N-ethyl adjacent to an activating group) is 1. The van der Waals surface area contributed by atoms with Gasteiger partial charge in [0.25, 0.3) is 0 Å². The van der Waals surface area contributed by atoms with Crippen LogP contribution in [0.25, 0.3) is 10.2 Å². The Kier molecular flexibility index (Phi) is 4.75. The van der Waals surface area contributed by atoms with Crippen LogP contribution in [0.4, 0.5) is 0 Å². The fraction of sp³-hybridized carbons (Fsp3) is 0.533. The zero-order valence-corrected chi connectivity index (χ0v) is 13.5. The summed E-state index contributed by atoms with van der Waals surface area (Å²) in [5.41, 5.74) is 4.07. The molecule has 0 saturated carbocycles.